The van der Waals surface area contributed by atoms with E-state index in [1.165, 1.54) is 5.52 Å². The SMILES string of the molecule is Cc1nc(C(C)C)n2ccc(Br)cc12. The second-order valence-corrected chi connectivity index (χ2v) is 4.73. The quantitative estimate of drug-likeness (QED) is 0.759. The van der Waals surface area contributed by atoms with Crippen molar-refractivity contribution in [2.45, 2.75) is 26.7 Å². The highest BCUT2D eigenvalue weighted by Gasteiger charge is 2.10. The Labute approximate surface area is 92.1 Å². The number of pyridine rings is 1. The normalized spacial score (nSPS) is 11.5. The van der Waals surface area contributed by atoms with Gasteiger partial charge in [-0.1, -0.05) is 29.8 Å². The van der Waals surface area contributed by atoms with Gasteiger partial charge in [-0.3, -0.25) is 0 Å². The molecular weight excluding hydrogens is 240 g/mol. The lowest BCUT2D eigenvalue weighted by atomic mass is 10.2. The van der Waals surface area contributed by atoms with Gasteiger partial charge in [0.25, 0.3) is 0 Å². The molecule has 0 atom stereocenters. The second kappa shape index (κ2) is 3.39. The number of fused-ring (bicyclic) bond motifs is 1. The van der Waals surface area contributed by atoms with E-state index in [1.54, 1.807) is 0 Å². The summed E-state index contributed by atoms with van der Waals surface area (Å²) in [4.78, 5) is 4.57. The number of aromatic nitrogens is 2. The molecule has 3 heteroatoms. The molecule has 14 heavy (non-hydrogen) atoms. The lowest BCUT2D eigenvalue weighted by Gasteiger charge is -2.03. The molecule has 0 spiro atoms. The Kier molecular flexibility index (Phi) is 2.35. The smallest absolute Gasteiger partial charge is 0.116 e. The Morgan fingerprint density at radius 3 is 2.79 bits per heavy atom. The molecule has 0 aliphatic rings. The summed E-state index contributed by atoms with van der Waals surface area (Å²) >= 11 is 3.47. The summed E-state index contributed by atoms with van der Waals surface area (Å²) in [6.45, 7) is 6.38. The molecule has 2 rings (SSSR count). The van der Waals surface area contributed by atoms with Crippen molar-refractivity contribution in [1.82, 2.24) is 9.38 Å². The van der Waals surface area contributed by atoms with Gasteiger partial charge in [0.15, 0.2) is 0 Å². The minimum Gasteiger partial charge on any atom is -0.303 e. The molecule has 0 saturated heterocycles. The molecule has 2 aromatic heterocycles. The van der Waals surface area contributed by atoms with Crippen LogP contribution < -0.4 is 0 Å². The number of hydrogen-bond acceptors (Lipinski definition) is 1. The van der Waals surface area contributed by atoms with Gasteiger partial charge in [0.2, 0.25) is 0 Å². The maximum absolute atomic E-state index is 4.57. The first-order chi connectivity index (χ1) is 6.59. The topological polar surface area (TPSA) is 17.3 Å². The highest BCUT2D eigenvalue weighted by atomic mass is 79.9. The van der Waals surface area contributed by atoms with Crippen LogP contribution in [0, 0.1) is 6.92 Å². The minimum absolute atomic E-state index is 0.456. The number of halogens is 1. The average Bonchev–Trinajstić information content (AvgIpc) is 2.44. The summed E-state index contributed by atoms with van der Waals surface area (Å²) in [5, 5.41) is 0. The molecule has 0 bridgehead atoms. The van der Waals surface area contributed by atoms with E-state index in [0.29, 0.717) is 5.92 Å². The van der Waals surface area contributed by atoms with E-state index < -0.39 is 0 Å². The molecule has 2 aromatic rings. The Bertz CT molecular complexity index is 471. The van der Waals surface area contributed by atoms with E-state index in [9.17, 15) is 0 Å². The van der Waals surface area contributed by atoms with Crippen LogP contribution in [-0.4, -0.2) is 9.38 Å². The van der Waals surface area contributed by atoms with Gasteiger partial charge in [-0.25, -0.2) is 4.98 Å². The molecule has 0 saturated carbocycles. The number of nitrogens with zero attached hydrogens (tertiary/aromatic N) is 2. The van der Waals surface area contributed by atoms with Crippen LogP contribution in [0.4, 0.5) is 0 Å². The van der Waals surface area contributed by atoms with Gasteiger partial charge >= 0.3 is 0 Å². The first-order valence-corrected chi connectivity index (χ1v) is 5.53. The first-order valence-electron chi connectivity index (χ1n) is 4.73. The maximum atomic E-state index is 4.57. The zero-order chi connectivity index (χ0) is 10.3. The molecule has 0 N–H and O–H groups in total. The van der Waals surface area contributed by atoms with Crippen molar-refractivity contribution < 1.29 is 0 Å². The van der Waals surface area contributed by atoms with E-state index in [4.69, 9.17) is 0 Å². The van der Waals surface area contributed by atoms with E-state index in [2.05, 4.69) is 51.4 Å². The molecule has 74 valence electrons. The largest absolute Gasteiger partial charge is 0.303 e. The van der Waals surface area contributed by atoms with Crippen molar-refractivity contribution in [1.29, 1.82) is 0 Å². The number of aryl methyl sites for hydroxylation is 1. The van der Waals surface area contributed by atoms with Crippen LogP contribution in [-0.2, 0) is 0 Å². The first kappa shape index (κ1) is 9.71. The van der Waals surface area contributed by atoms with Crippen molar-refractivity contribution in [2.75, 3.05) is 0 Å². The Morgan fingerprint density at radius 2 is 2.14 bits per heavy atom. The number of rotatable bonds is 1. The summed E-state index contributed by atoms with van der Waals surface area (Å²) in [5.41, 5.74) is 2.28. The third-order valence-corrected chi connectivity index (χ3v) is 2.83. The summed E-state index contributed by atoms with van der Waals surface area (Å²) in [5.74, 6) is 1.59. The monoisotopic (exact) mass is 252 g/mol. The summed E-state index contributed by atoms with van der Waals surface area (Å²) in [6.07, 6.45) is 2.06. The fraction of sp³-hybridized carbons (Fsp3) is 0.364. The average molecular weight is 253 g/mol. The standard InChI is InChI=1S/C11H13BrN2/c1-7(2)11-13-8(3)10-6-9(12)4-5-14(10)11/h4-7H,1-3H3. The van der Waals surface area contributed by atoms with E-state index >= 15 is 0 Å². The van der Waals surface area contributed by atoms with Crippen LogP contribution >= 0.6 is 15.9 Å². The van der Waals surface area contributed by atoms with Gasteiger partial charge in [0, 0.05) is 16.6 Å². The van der Waals surface area contributed by atoms with Crippen LogP contribution in [0.1, 0.15) is 31.3 Å². The molecule has 0 fully saturated rings. The highest BCUT2D eigenvalue weighted by Crippen LogP contribution is 2.21. The third kappa shape index (κ3) is 1.46. The Balaban J connectivity index is 2.77. The van der Waals surface area contributed by atoms with Crippen LogP contribution in [0.5, 0.6) is 0 Å². The molecule has 2 heterocycles. The zero-order valence-electron chi connectivity index (χ0n) is 8.58. The summed E-state index contributed by atoms with van der Waals surface area (Å²) in [7, 11) is 0. The third-order valence-electron chi connectivity index (χ3n) is 2.33. The van der Waals surface area contributed by atoms with Crippen LogP contribution in [0.3, 0.4) is 0 Å². The zero-order valence-corrected chi connectivity index (χ0v) is 10.2. The van der Waals surface area contributed by atoms with E-state index in [1.807, 2.05) is 13.0 Å². The maximum Gasteiger partial charge on any atom is 0.116 e. The summed E-state index contributed by atoms with van der Waals surface area (Å²) < 4.78 is 3.26. The number of imidazole rings is 1. The lowest BCUT2D eigenvalue weighted by molar-refractivity contribution is 0.768. The second-order valence-electron chi connectivity index (χ2n) is 3.81. The molecule has 0 unspecified atom stereocenters. The van der Waals surface area contributed by atoms with Gasteiger partial charge in [0.05, 0.1) is 11.2 Å². The van der Waals surface area contributed by atoms with Crippen molar-refractivity contribution >= 4 is 21.4 Å². The molecule has 0 aliphatic heterocycles. The van der Waals surface area contributed by atoms with Gasteiger partial charge in [0.1, 0.15) is 5.82 Å². The Hall–Kier alpha value is -0.830. The predicted molar refractivity (Wildman–Crippen MR) is 61.7 cm³/mol. The minimum atomic E-state index is 0.456. The highest BCUT2D eigenvalue weighted by molar-refractivity contribution is 9.10. The van der Waals surface area contributed by atoms with Crippen molar-refractivity contribution in [2.24, 2.45) is 0 Å². The molecule has 0 amide bonds. The Morgan fingerprint density at radius 1 is 1.43 bits per heavy atom. The van der Waals surface area contributed by atoms with Gasteiger partial charge in [-0.05, 0) is 19.1 Å². The van der Waals surface area contributed by atoms with Gasteiger partial charge in [-0.2, -0.15) is 0 Å². The molecule has 0 radical (unpaired) electrons. The molecular formula is C11H13BrN2. The van der Waals surface area contributed by atoms with Gasteiger partial charge < -0.3 is 4.40 Å². The molecule has 2 nitrogen and oxygen atoms in total. The van der Waals surface area contributed by atoms with E-state index in [-0.39, 0.29) is 0 Å². The van der Waals surface area contributed by atoms with Crippen LogP contribution in [0.25, 0.3) is 5.52 Å². The predicted octanol–water partition coefficient (Wildman–Crippen LogP) is 3.53. The van der Waals surface area contributed by atoms with Crippen molar-refractivity contribution in [3.63, 3.8) is 0 Å². The van der Waals surface area contributed by atoms with Gasteiger partial charge in [-0.15, -0.1) is 0 Å². The lowest BCUT2D eigenvalue weighted by Crippen LogP contribution is -1.95. The van der Waals surface area contributed by atoms with Crippen LogP contribution in [0.15, 0.2) is 22.8 Å². The molecule has 0 aromatic carbocycles. The fourth-order valence-electron chi connectivity index (χ4n) is 1.64. The van der Waals surface area contributed by atoms with E-state index in [0.717, 1.165) is 16.0 Å². The van der Waals surface area contributed by atoms with Crippen molar-refractivity contribution in [3.05, 3.63) is 34.3 Å². The summed E-state index contributed by atoms with van der Waals surface area (Å²) in [6, 6.07) is 4.15. The van der Waals surface area contributed by atoms with Crippen LogP contribution in [0.2, 0.25) is 0 Å². The molecule has 0 aliphatic carbocycles. The van der Waals surface area contributed by atoms with Crippen molar-refractivity contribution in [3.8, 4) is 0 Å². The fourth-order valence-corrected chi connectivity index (χ4v) is 1.98. The number of hydrogen-bond donors (Lipinski definition) is 0.